The summed E-state index contributed by atoms with van der Waals surface area (Å²) in [4.78, 5) is 10.7. The van der Waals surface area contributed by atoms with Gasteiger partial charge in [0, 0.05) is 5.02 Å². The molecule has 1 aromatic rings. The Bertz CT molecular complexity index is 602. The van der Waals surface area contributed by atoms with Crippen LogP contribution in [-0.4, -0.2) is 17.6 Å². The molecule has 0 heterocycles. The van der Waals surface area contributed by atoms with Gasteiger partial charge >= 0.3 is 5.97 Å². The number of hydrogen-bond acceptors (Lipinski definition) is 4. The zero-order chi connectivity index (χ0) is 19.6. The van der Waals surface area contributed by atoms with E-state index in [-0.39, 0.29) is 22.2 Å². The highest BCUT2D eigenvalue weighted by Crippen LogP contribution is 2.37. The molecule has 0 aliphatic rings. The summed E-state index contributed by atoms with van der Waals surface area (Å²) >= 11 is 24.3. The van der Waals surface area contributed by atoms with E-state index < -0.39 is 11.0 Å². The van der Waals surface area contributed by atoms with Crippen LogP contribution in [-0.2, 0) is 9.53 Å². The molecule has 0 saturated carbocycles. The topological polar surface area (TPSA) is 51.0 Å². The van der Waals surface area contributed by atoms with Gasteiger partial charge in [-0.1, -0.05) is 92.4 Å². The fraction of sp³-hybridized carbons (Fsp3) is 0.611. The quantitative estimate of drug-likeness (QED) is 0.115. The largest absolute Gasteiger partial charge is 0.463 e. The normalized spacial score (nSPS) is 13.8. The van der Waals surface area contributed by atoms with Crippen molar-refractivity contribution in [3.8, 4) is 0 Å². The average Bonchev–Trinajstić information content (AvgIpc) is 2.59. The fourth-order valence-electron chi connectivity index (χ4n) is 2.17. The van der Waals surface area contributed by atoms with Gasteiger partial charge < -0.3 is 4.74 Å². The van der Waals surface area contributed by atoms with Crippen LogP contribution in [0.1, 0.15) is 58.8 Å². The first kappa shape index (κ1) is 23.5. The van der Waals surface area contributed by atoms with E-state index in [0.717, 1.165) is 19.3 Å². The van der Waals surface area contributed by atoms with Gasteiger partial charge in [0.25, 0.3) is 5.00 Å². The Kier molecular flexibility index (Phi) is 10.9. The number of unbranched alkanes of at least 4 members (excludes halogenated alkanes) is 5. The molecule has 0 fully saturated rings. The Labute approximate surface area is 175 Å². The molecule has 4 nitrogen and oxygen atoms in total. The third-order valence-corrected chi connectivity index (χ3v) is 5.09. The van der Waals surface area contributed by atoms with E-state index in [4.69, 9.17) is 51.1 Å². The minimum atomic E-state index is -1.60. The molecule has 1 atom stereocenters. The van der Waals surface area contributed by atoms with Crippen LogP contribution in [0.25, 0.3) is 0 Å². The van der Waals surface area contributed by atoms with Crippen molar-refractivity contribution < 1.29 is 9.53 Å². The molecule has 1 unspecified atom stereocenters. The van der Waals surface area contributed by atoms with Crippen LogP contribution in [0.15, 0.2) is 22.4 Å². The standard InChI is InChI=1S/C18H24Cl4N2O2/c1-3-5-6-7-8-9-10-26-17(25)18(22,4-2)24-23-16-14(20)11-13(19)12-15(16)21/h11-12H,3-10H2,1-2H3/b24-23+. The zero-order valence-electron chi connectivity index (χ0n) is 15.0. The van der Waals surface area contributed by atoms with Gasteiger partial charge in [-0.3, -0.25) is 0 Å². The molecule has 8 heteroatoms. The number of nitrogens with zero attached hydrogens (tertiary/aromatic N) is 2. The number of rotatable bonds is 11. The Morgan fingerprint density at radius 1 is 1.04 bits per heavy atom. The number of alkyl halides is 1. The minimum Gasteiger partial charge on any atom is -0.463 e. The number of hydrogen-bond donors (Lipinski definition) is 0. The first-order valence-corrected chi connectivity index (χ1v) is 10.3. The predicted octanol–water partition coefficient (Wildman–Crippen LogP) is 7.98. The van der Waals surface area contributed by atoms with Gasteiger partial charge in [0.1, 0.15) is 5.69 Å². The highest BCUT2D eigenvalue weighted by Gasteiger charge is 2.36. The maximum atomic E-state index is 12.3. The summed E-state index contributed by atoms with van der Waals surface area (Å²) < 4.78 is 5.26. The molecule has 1 rings (SSSR count). The van der Waals surface area contributed by atoms with E-state index in [9.17, 15) is 4.79 Å². The summed E-state index contributed by atoms with van der Waals surface area (Å²) in [6.07, 6.45) is 6.82. The van der Waals surface area contributed by atoms with Crippen LogP contribution in [0, 0.1) is 0 Å². The van der Waals surface area contributed by atoms with Gasteiger partial charge in [0.05, 0.1) is 16.7 Å². The zero-order valence-corrected chi connectivity index (χ0v) is 18.1. The Morgan fingerprint density at radius 3 is 2.19 bits per heavy atom. The average molecular weight is 442 g/mol. The summed E-state index contributed by atoms with van der Waals surface area (Å²) in [5.41, 5.74) is 0.208. The van der Waals surface area contributed by atoms with Crippen molar-refractivity contribution in [3.05, 3.63) is 27.2 Å². The lowest BCUT2D eigenvalue weighted by molar-refractivity contribution is -0.147. The van der Waals surface area contributed by atoms with Gasteiger partial charge in [-0.2, -0.15) is 10.2 Å². The Hall–Kier alpha value is -0.550. The highest BCUT2D eigenvalue weighted by atomic mass is 35.5. The summed E-state index contributed by atoms with van der Waals surface area (Å²) in [7, 11) is 0. The van der Waals surface area contributed by atoms with E-state index in [1.807, 2.05) is 0 Å². The fourth-order valence-corrected chi connectivity index (χ4v) is 3.16. The molecule has 0 saturated heterocycles. The first-order chi connectivity index (χ1) is 12.3. The van der Waals surface area contributed by atoms with E-state index >= 15 is 0 Å². The van der Waals surface area contributed by atoms with Gasteiger partial charge in [-0.25, -0.2) is 4.79 Å². The van der Waals surface area contributed by atoms with Crippen LogP contribution >= 0.6 is 46.4 Å². The monoisotopic (exact) mass is 440 g/mol. The number of halogens is 4. The lowest BCUT2D eigenvalue weighted by Gasteiger charge is -2.18. The summed E-state index contributed by atoms with van der Waals surface area (Å²) in [6, 6.07) is 2.98. The van der Waals surface area contributed by atoms with Gasteiger partial charge in [0.2, 0.25) is 0 Å². The molecule has 146 valence electrons. The maximum Gasteiger partial charge on any atom is 0.351 e. The van der Waals surface area contributed by atoms with Crippen molar-refractivity contribution in [2.45, 2.75) is 63.8 Å². The van der Waals surface area contributed by atoms with Crippen molar-refractivity contribution in [1.82, 2.24) is 0 Å². The molecule has 0 bridgehead atoms. The van der Waals surface area contributed by atoms with Gasteiger partial charge in [-0.15, -0.1) is 0 Å². The van der Waals surface area contributed by atoms with Crippen molar-refractivity contribution in [1.29, 1.82) is 0 Å². The van der Waals surface area contributed by atoms with E-state index in [0.29, 0.717) is 11.6 Å². The number of carbonyl (C=O) groups is 1. The van der Waals surface area contributed by atoms with Crippen molar-refractivity contribution in [2.24, 2.45) is 10.2 Å². The number of esters is 1. The first-order valence-electron chi connectivity index (χ1n) is 8.77. The summed E-state index contributed by atoms with van der Waals surface area (Å²) in [6.45, 7) is 4.21. The predicted molar refractivity (Wildman–Crippen MR) is 109 cm³/mol. The summed E-state index contributed by atoms with van der Waals surface area (Å²) in [5.74, 6) is -0.625. The summed E-state index contributed by atoms with van der Waals surface area (Å²) in [5, 5.41) is 8.72. The van der Waals surface area contributed by atoms with Crippen LogP contribution in [0.2, 0.25) is 15.1 Å². The molecular formula is C18H24Cl4N2O2. The third kappa shape index (κ3) is 7.59. The highest BCUT2D eigenvalue weighted by molar-refractivity contribution is 6.41. The molecule has 0 N–H and O–H groups in total. The lowest BCUT2D eigenvalue weighted by Crippen LogP contribution is -2.31. The smallest absolute Gasteiger partial charge is 0.351 e. The molecule has 0 aliphatic carbocycles. The molecular weight excluding hydrogens is 418 g/mol. The van der Waals surface area contributed by atoms with Gasteiger partial charge in [-0.05, 0) is 25.0 Å². The van der Waals surface area contributed by atoms with Crippen LogP contribution < -0.4 is 0 Å². The van der Waals surface area contributed by atoms with Crippen LogP contribution in [0.4, 0.5) is 5.69 Å². The molecule has 0 spiro atoms. The van der Waals surface area contributed by atoms with E-state index in [1.54, 1.807) is 6.92 Å². The maximum absolute atomic E-state index is 12.3. The molecule has 1 aromatic carbocycles. The second-order valence-electron chi connectivity index (χ2n) is 5.93. The molecule has 0 radical (unpaired) electrons. The minimum absolute atomic E-state index is 0.208. The number of azo groups is 1. The second-order valence-corrected chi connectivity index (χ2v) is 7.81. The molecule has 0 aromatic heterocycles. The van der Waals surface area contributed by atoms with Crippen LogP contribution in [0.5, 0.6) is 0 Å². The van der Waals surface area contributed by atoms with Crippen LogP contribution in [0.3, 0.4) is 0 Å². The Balaban J connectivity index is 2.63. The molecule has 26 heavy (non-hydrogen) atoms. The van der Waals surface area contributed by atoms with Gasteiger partial charge in [0.15, 0.2) is 0 Å². The number of benzene rings is 1. The second kappa shape index (κ2) is 12.0. The van der Waals surface area contributed by atoms with Crippen molar-refractivity contribution in [2.75, 3.05) is 6.61 Å². The van der Waals surface area contributed by atoms with Crippen molar-refractivity contribution in [3.63, 3.8) is 0 Å². The molecule has 0 amide bonds. The SMILES string of the molecule is CCCCCCCCOC(=O)C(Cl)(CC)/N=N/c1c(Cl)cc(Cl)cc1Cl. The lowest BCUT2D eigenvalue weighted by atomic mass is 10.1. The van der Waals surface area contributed by atoms with E-state index in [2.05, 4.69) is 17.2 Å². The number of ether oxygens (including phenoxy) is 1. The molecule has 0 aliphatic heterocycles. The third-order valence-electron chi connectivity index (χ3n) is 3.80. The number of carbonyl (C=O) groups excluding carboxylic acids is 1. The Morgan fingerprint density at radius 2 is 1.62 bits per heavy atom. The van der Waals surface area contributed by atoms with E-state index in [1.165, 1.54) is 31.4 Å². The van der Waals surface area contributed by atoms with Crippen molar-refractivity contribution >= 4 is 58.1 Å².